The van der Waals surface area contributed by atoms with E-state index in [0.29, 0.717) is 5.69 Å². The lowest BCUT2D eigenvalue weighted by atomic mass is 10.3. The van der Waals surface area contributed by atoms with Crippen LogP contribution < -0.4 is 5.32 Å². The van der Waals surface area contributed by atoms with Crippen LogP contribution >= 0.6 is 47.8 Å². The van der Waals surface area contributed by atoms with E-state index in [1.165, 1.54) is 6.20 Å². The van der Waals surface area contributed by atoms with Gasteiger partial charge in [-0.2, -0.15) is 15.4 Å². The van der Waals surface area contributed by atoms with Crippen LogP contribution in [0.4, 0.5) is 5.69 Å². The van der Waals surface area contributed by atoms with E-state index in [1.54, 1.807) is 0 Å². The van der Waals surface area contributed by atoms with E-state index in [1.807, 2.05) is 12.1 Å². The highest BCUT2D eigenvalue weighted by Crippen LogP contribution is 2.34. The number of carbonyl (C=O) groups excluding carboxylic acids is 1. The average molecular weight is 425 g/mol. The number of nitrogens with one attached hydrogen (secondary N) is 2. The topological polar surface area (TPSA) is 70.7 Å². The molecule has 1 aromatic carbocycles. The van der Waals surface area contributed by atoms with Crippen molar-refractivity contribution in [1.29, 1.82) is 0 Å². The molecule has 0 radical (unpaired) electrons. The minimum atomic E-state index is -0.331. The number of hydrogen-bond acceptors (Lipinski definition) is 3. The molecule has 1 heterocycles. The Labute approximate surface area is 122 Å². The summed E-state index contributed by atoms with van der Waals surface area (Å²) >= 11 is 10.1. The summed E-state index contributed by atoms with van der Waals surface area (Å²) < 4.78 is 2.42. The van der Waals surface area contributed by atoms with Crippen molar-refractivity contribution in [2.75, 3.05) is 5.32 Å². The van der Waals surface area contributed by atoms with Crippen molar-refractivity contribution in [3.05, 3.63) is 37.4 Å². The van der Waals surface area contributed by atoms with Crippen molar-refractivity contribution in [3.63, 3.8) is 0 Å². The Morgan fingerprint density at radius 2 is 1.88 bits per heavy atom. The fourth-order valence-electron chi connectivity index (χ4n) is 1.15. The Morgan fingerprint density at radius 1 is 1.24 bits per heavy atom. The SMILES string of the molecule is O=C(Nc1c(Br)cc(Br)cc1Br)c1cn[nH]n1. The Hall–Kier alpha value is -0.730. The minimum Gasteiger partial charge on any atom is -0.319 e. The molecule has 88 valence electrons. The Kier molecular flexibility index (Phi) is 3.95. The molecule has 2 aromatic rings. The molecule has 5 nitrogen and oxygen atoms in total. The molecule has 0 saturated heterocycles. The van der Waals surface area contributed by atoms with Gasteiger partial charge in [-0.25, -0.2) is 0 Å². The van der Waals surface area contributed by atoms with Gasteiger partial charge in [0.1, 0.15) is 0 Å². The second-order valence-corrected chi connectivity index (χ2v) is 5.68. The Bertz CT molecular complexity index is 532. The second-order valence-electron chi connectivity index (χ2n) is 3.05. The molecule has 0 aliphatic rings. The van der Waals surface area contributed by atoms with Crippen molar-refractivity contribution >= 4 is 59.4 Å². The van der Waals surface area contributed by atoms with E-state index in [9.17, 15) is 4.79 Å². The summed E-state index contributed by atoms with van der Waals surface area (Å²) in [6.45, 7) is 0. The summed E-state index contributed by atoms with van der Waals surface area (Å²) in [5, 5.41) is 12.4. The number of carbonyl (C=O) groups is 1. The first-order valence-electron chi connectivity index (χ1n) is 4.39. The molecule has 2 N–H and O–H groups in total. The van der Waals surface area contributed by atoms with Crippen molar-refractivity contribution in [2.24, 2.45) is 0 Å². The number of H-pyrrole nitrogens is 1. The van der Waals surface area contributed by atoms with E-state index in [4.69, 9.17) is 0 Å². The minimum absolute atomic E-state index is 0.228. The van der Waals surface area contributed by atoms with Gasteiger partial charge in [0.25, 0.3) is 5.91 Å². The van der Waals surface area contributed by atoms with Gasteiger partial charge in [-0.1, -0.05) is 15.9 Å². The predicted octanol–water partition coefficient (Wildman–Crippen LogP) is 3.34. The van der Waals surface area contributed by atoms with Crippen LogP contribution in [-0.2, 0) is 0 Å². The first-order valence-corrected chi connectivity index (χ1v) is 6.77. The highest BCUT2D eigenvalue weighted by molar-refractivity contribution is 9.11. The van der Waals surface area contributed by atoms with Gasteiger partial charge in [-0.3, -0.25) is 4.79 Å². The summed E-state index contributed by atoms with van der Waals surface area (Å²) in [5.74, 6) is -0.331. The lowest BCUT2D eigenvalue weighted by Crippen LogP contribution is -2.13. The third kappa shape index (κ3) is 2.93. The van der Waals surface area contributed by atoms with E-state index in [2.05, 4.69) is 68.5 Å². The Morgan fingerprint density at radius 3 is 2.41 bits per heavy atom. The van der Waals surface area contributed by atoms with Crippen LogP contribution in [0.15, 0.2) is 31.7 Å². The highest BCUT2D eigenvalue weighted by Gasteiger charge is 2.13. The first kappa shape index (κ1) is 12.7. The zero-order valence-electron chi connectivity index (χ0n) is 8.17. The molecule has 1 amide bonds. The standard InChI is InChI=1S/C9H5Br3N4O/c10-4-1-5(11)8(6(12)2-4)14-9(17)7-3-13-16-15-7/h1-3H,(H,14,17)(H,13,15,16). The first-order chi connectivity index (χ1) is 8.08. The molecule has 0 fully saturated rings. The highest BCUT2D eigenvalue weighted by atomic mass is 79.9. The van der Waals surface area contributed by atoms with Crippen LogP contribution in [0.2, 0.25) is 0 Å². The normalized spacial score (nSPS) is 10.3. The summed E-state index contributed by atoms with van der Waals surface area (Å²) in [4.78, 5) is 11.8. The van der Waals surface area contributed by atoms with Crippen LogP contribution in [0.25, 0.3) is 0 Å². The van der Waals surface area contributed by atoms with Crippen LogP contribution in [0.3, 0.4) is 0 Å². The fraction of sp³-hybridized carbons (Fsp3) is 0. The van der Waals surface area contributed by atoms with E-state index < -0.39 is 0 Å². The van der Waals surface area contributed by atoms with Crippen molar-refractivity contribution in [2.45, 2.75) is 0 Å². The smallest absolute Gasteiger partial charge is 0.277 e. The number of rotatable bonds is 2. The number of benzene rings is 1. The van der Waals surface area contributed by atoms with Gasteiger partial charge in [0, 0.05) is 13.4 Å². The lowest BCUT2D eigenvalue weighted by molar-refractivity contribution is 0.102. The molecular formula is C9H5Br3N4O. The predicted molar refractivity (Wildman–Crippen MR) is 73.9 cm³/mol. The molecule has 0 atom stereocenters. The number of hydrogen-bond donors (Lipinski definition) is 2. The summed E-state index contributed by atoms with van der Waals surface area (Å²) in [5.41, 5.74) is 0.868. The van der Waals surface area contributed by atoms with Crippen molar-refractivity contribution < 1.29 is 4.79 Å². The van der Waals surface area contributed by atoms with Crippen LogP contribution in [0.1, 0.15) is 10.5 Å². The van der Waals surface area contributed by atoms with Crippen LogP contribution in [0.5, 0.6) is 0 Å². The Balaban J connectivity index is 2.28. The van der Waals surface area contributed by atoms with E-state index >= 15 is 0 Å². The summed E-state index contributed by atoms with van der Waals surface area (Å²) in [7, 11) is 0. The molecule has 0 spiro atoms. The molecule has 0 aliphatic heterocycles. The molecule has 8 heteroatoms. The van der Waals surface area contributed by atoms with Gasteiger partial charge in [0.05, 0.1) is 11.9 Å². The molecule has 0 bridgehead atoms. The van der Waals surface area contributed by atoms with Crippen molar-refractivity contribution in [1.82, 2.24) is 15.4 Å². The van der Waals surface area contributed by atoms with Crippen LogP contribution in [-0.4, -0.2) is 21.3 Å². The van der Waals surface area contributed by atoms with Gasteiger partial charge in [-0.15, -0.1) is 0 Å². The summed E-state index contributed by atoms with van der Waals surface area (Å²) in [6.07, 6.45) is 1.36. The molecule has 1 aromatic heterocycles. The zero-order valence-corrected chi connectivity index (χ0v) is 12.9. The lowest BCUT2D eigenvalue weighted by Gasteiger charge is -2.08. The second kappa shape index (κ2) is 5.28. The maximum atomic E-state index is 11.8. The number of aromatic amines is 1. The average Bonchev–Trinajstić information content (AvgIpc) is 2.76. The van der Waals surface area contributed by atoms with Crippen LogP contribution in [0, 0.1) is 0 Å². The third-order valence-electron chi connectivity index (χ3n) is 1.89. The zero-order chi connectivity index (χ0) is 12.4. The summed E-state index contributed by atoms with van der Waals surface area (Å²) in [6, 6.07) is 3.67. The van der Waals surface area contributed by atoms with Crippen molar-refractivity contribution in [3.8, 4) is 0 Å². The van der Waals surface area contributed by atoms with E-state index in [0.717, 1.165) is 13.4 Å². The van der Waals surface area contributed by atoms with Gasteiger partial charge < -0.3 is 5.32 Å². The largest absolute Gasteiger partial charge is 0.319 e. The monoisotopic (exact) mass is 422 g/mol. The quantitative estimate of drug-likeness (QED) is 0.776. The molecule has 0 saturated carbocycles. The number of nitrogens with zero attached hydrogens (tertiary/aromatic N) is 2. The molecule has 0 aliphatic carbocycles. The van der Waals surface area contributed by atoms with Gasteiger partial charge in [-0.05, 0) is 44.0 Å². The molecule has 2 rings (SSSR count). The maximum absolute atomic E-state index is 11.8. The van der Waals surface area contributed by atoms with Gasteiger partial charge in [0.2, 0.25) is 0 Å². The number of halogens is 3. The number of amides is 1. The molecular weight excluding hydrogens is 420 g/mol. The molecule has 0 unspecified atom stereocenters. The van der Waals surface area contributed by atoms with Gasteiger partial charge >= 0.3 is 0 Å². The third-order valence-corrected chi connectivity index (χ3v) is 3.60. The van der Waals surface area contributed by atoms with Gasteiger partial charge in [0.15, 0.2) is 5.69 Å². The van der Waals surface area contributed by atoms with E-state index in [-0.39, 0.29) is 11.6 Å². The number of anilines is 1. The number of aromatic nitrogens is 3. The molecule has 17 heavy (non-hydrogen) atoms. The maximum Gasteiger partial charge on any atom is 0.277 e. The fourth-order valence-corrected chi connectivity index (χ4v) is 3.61.